The van der Waals surface area contributed by atoms with Gasteiger partial charge in [-0.2, -0.15) is 4.98 Å². The van der Waals surface area contributed by atoms with Crippen LogP contribution in [-0.2, 0) is 21.5 Å². The number of piperazine rings is 1. The van der Waals surface area contributed by atoms with E-state index in [4.69, 9.17) is 21.6 Å². The summed E-state index contributed by atoms with van der Waals surface area (Å²) in [6, 6.07) is 14.8. The fourth-order valence-electron chi connectivity index (χ4n) is 9.69. The lowest BCUT2D eigenvalue weighted by molar-refractivity contribution is -0.134. The molecule has 3 aromatic carbocycles. The van der Waals surface area contributed by atoms with Crippen LogP contribution in [0.25, 0.3) is 16.6 Å². The average Bonchev–Trinajstić information content (AvgIpc) is 3.40. The summed E-state index contributed by atoms with van der Waals surface area (Å²) in [5, 5.41) is 3.02. The molecule has 0 spiro atoms. The number of benzene rings is 3. The summed E-state index contributed by atoms with van der Waals surface area (Å²) in [6.07, 6.45) is 5.28. The molecule has 300 valence electrons. The number of carbonyl (C=O) groups excluding carboxylic acids is 2. The zero-order valence-electron chi connectivity index (χ0n) is 33.0. The van der Waals surface area contributed by atoms with Gasteiger partial charge in [-0.25, -0.2) is 18.7 Å². The molecule has 1 atom stereocenters. The van der Waals surface area contributed by atoms with Crippen molar-refractivity contribution in [3.05, 3.63) is 116 Å². The Morgan fingerprint density at radius 1 is 0.897 bits per heavy atom. The number of aromatic nitrogens is 4. The van der Waals surface area contributed by atoms with E-state index in [2.05, 4.69) is 75.5 Å². The third-order valence-electron chi connectivity index (χ3n) is 12.6. The van der Waals surface area contributed by atoms with E-state index in [9.17, 15) is 14.4 Å². The maximum Gasteiger partial charge on any atom is 0.282 e. The first kappa shape index (κ1) is 38.3. The van der Waals surface area contributed by atoms with Crippen LogP contribution in [0.3, 0.4) is 0 Å². The highest BCUT2D eigenvalue weighted by molar-refractivity contribution is 6.35. The van der Waals surface area contributed by atoms with E-state index in [1.807, 2.05) is 24.5 Å². The molecule has 4 aliphatic rings. The zero-order valence-corrected chi connectivity index (χ0v) is 33.7. The minimum atomic E-state index is -1.01. The largest absolute Gasteiger partial charge is 0.364 e. The summed E-state index contributed by atoms with van der Waals surface area (Å²) in [4.78, 5) is 57.9. The number of amides is 2. The predicted molar refractivity (Wildman–Crippen MR) is 219 cm³/mol. The van der Waals surface area contributed by atoms with Gasteiger partial charge in [0.05, 0.1) is 32.9 Å². The molecule has 2 amide bonds. The standard InChI is InChI=1S/C44H45ClF2N8O3/c1-43(2)24-52(16-17-54(43)28-8-10-30-35(20-28)55-34-7-5-6-31(45)38(34)40(58)51-41(55)44(30,3)4)23-25-21-48-42(49-22-25)53-14-12-26(13-15-53)27-18-32(46)37(33(47)19-27)29-9-11-36(56)50-39(29)57/h5-8,10,18-22,26,29H,9,11-17,23-24H2,1-4H3,(H,50,56,57). The maximum absolute atomic E-state index is 15.2. The molecule has 0 radical (unpaired) electrons. The number of piperidine rings is 2. The van der Waals surface area contributed by atoms with Gasteiger partial charge < -0.3 is 9.80 Å². The van der Waals surface area contributed by atoms with Gasteiger partial charge in [0.15, 0.2) is 0 Å². The fraction of sp³-hybridized carbons (Fsp3) is 0.409. The second-order valence-electron chi connectivity index (χ2n) is 17.3. The number of halogens is 3. The van der Waals surface area contributed by atoms with Crippen LogP contribution in [0, 0.1) is 11.6 Å². The van der Waals surface area contributed by atoms with E-state index in [1.54, 1.807) is 6.07 Å². The molecule has 6 heterocycles. The molecular formula is C44H45ClF2N8O3. The Bertz CT molecular complexity index is 2530. The van der Waals surface area contributed by atoms with E-state index >= 15 is 8.78 Å². The molecule has 9 rings (SSSR count). The van der Waals surface area contributed by atoms with Gasteiger partial charge in [0.1, 0.15) is 17.5 Å². The smallest absolute Gasteiger partial charge is 0.282 e. The molecule has 3 saturated heterocycles. The molecule has 0 bridgehead atoms. The first-order valence-electron chi connectivity index (χ1n) is 19.9. The summed E-state index contributed by atoms with van der Waals surface area (Å²) in [6.45, 7) is 13.2. The SMILES string of the molecule is CC1(C)c2ccc(N3CCN(Cc4cnc(N5CCC(c6cc(F)c(C7CCC(=O)NC7=O)c(F)c6)CC5)nc4)CC3(C)C)cc2-n2c1nc(=O)c1c(Cl)cccc12. The number of imide groups is 1. The Morgan fingerprint density at radius 3 is 2.31 bits per heavy atom. The Morgan fingerprint density at radius 2 is 1.62 bits per heavy atom. The highest BCUT2D eigenvalue weighted by Gasteiger charge is 2.41. The topological polar surface area (TPSA) is 117 Å². The van der Waals surface area contributed by atoms with E-state index in [0.29, 0.717) is 60.2 Å². The summed E-state index contributed by atoms with van der Waals surface area (Å²) in [5.74, 6) is -2.28. The summed E-state index contributed by atoms with van der Waals surface area (Å²) >= 11 is 6.52. The van der Waals surface area contributed by atoms with Crippen LogP contribution >= 0.6 is 11.6 Å². The number of nitrogens with zero attached hydrogens (tertiary/aromatic N) is 7. The van der Waals surface area contributed by atoms with Gasteiger partial charge >= 0.3 is 0 Å². The minimum Gasteiger partial charge on any atom is -0.364 e. The number of nitrogens with one attached hydrogen (secondary N) is 1. The van der Waals surface area contributed by atoms with Crippen molar-refractivity contribution in [1.82, 2.24) is 29.7 Å². The first-order valence-corrected chi connectivity index (χ1v) is 20.3. The van der Waals surface area contributed by atoms with Crippen molar-refractivity contribution in [3.63, 3.8) is 0 Å². The van der Waals surface area contributed by atoms with E-state index in [-0.39, 0.29) is 35.4 Å². The molecule has 2 aromatic heterocycles. The minimum absolute atomic E-state index is 0.0430. The lowest BCUT2D eigenvalue weighted by Gasteiger charge is -2.48. The molecule has 0 aliphatic carbocycles. The van der Waals surface area contributed by atoms with Crippen molar-refractivity contribution in [2.45, 2.75) is 82.7 Å². The van der Waals surface area contributed by atoms with Gasteiger partial charge in [-0.15, -0.1) is 0 Å². The fourth-order valence-corrected chi connectivity index (χ4v) is 9.94. The molecule has 4 aliphatic heterocycles. The Hall–Kier alpha value is -5.27. The van der Waals surface area contributed by atoms with Crippen LogP contribution in [0.15, 0.2) is 65.7 Å². The van der Waals surface area contributed by atoms with Gasteiger partial charge in [-0.3, -0.25) is 29.2 Å². The molecule has 1 N–H and O–H groups in total. The molecule has 5 aromatic rings. The monoisotopic (exact) mass is 806 g/mol. The van der Waals surface area contributed by atoms with Crippen LogP contribution < -0.4 is 20.7 Å². The van der Waals surface area contributed by atoms with Crippen molar-refractivity contribution >= 4 is 46.0 Å². The second kappa shape index (κ2) is 14.2. The van der Waals surface area contributed by atoms with Crippen molar-refractivity contribution < 1.29 is 18.4 Å². The van der Waals surface area contributed by atoms with E-state index in [0.717, 1.165) is 47.7 Å². The number of carbonyl (C=O) groups is 2. The van der Waals surface area contributed by atoms with Crippen molar-refractivity contribution in [2.24, 2.45) is 0 Å². The maximum atomic E-state index is 15.2. The molecule has 11 nitrogen and oxygen atoms in total. The Labute approximate surface area is 340 Å². The first-order chi connectivity index (χ1) is 27.7. The van der Waals surface area contributed by atoms with Crippen molar-refractivity contribution in [2.75, 3.05) is 42.5 Å². The number of fused-ring (bicyclic) bond motifs is 5. The Balaban J connectivity index is 0.841. The van der Waals surface area contributed by atoms with Gasteiger partial charge in [-0.1, -0.05) is 23.7 Å². The summed E-state index contributed by atoms with van der Waals surface area (Å²) in [5.41, 5.74) is 4.37. The highest BCUT2D eigenvalue weighted by Crippen LogP contribution is 2.45. The van der Waals surface area contributed by atoms with Crippen LogP contribution in [0.5, 0.6) is 0 Å². The molecule has 14 heteroatoms. The third-order valence-corrected chi connectivity index (χ3v) is 13.0. The Kier molecular flexibility index (Phi) is 9.39. The number of hydrogen-bond donors (Lipinski definition) is 1. The molecule has 58 heavy (non-hydrogen) atoms. The van der Waals surface area contributed by atoms with E-state index < -0.39 is 34.8 Å². The number of rotatable bonds is 6. The van der Waals surface area contributed by atoms with Gasteiger partial charge in [0, 0.05) is 80.4 Å². The molecular weight excluding hydrogens is 762 g/mol. The quantitative estimate of drug-likeness (QED) is 0.186. The van der Waals surface area contributed by atoms with Gasteiger partial charge in [0.25, 0.3) is 5.56 Å². The molecule has 3 fully saturated rings. The number of hydrogen-bond acceptors (Lipinski definition) is 9. The lowest BCUT2D eigenvalue weighted by Crippen LogP contribution is -2.59. The zero-order chi connectivity index (χ0) is 40.7. The van der Waals surface area contributed by atoms with E-state index in [1.165, 1.54) is 12.1 Å². The van der Waals surface area contributed by atoms with Crippen LogP contribution in [-0.4, -0.2) is 74.5 Å². The third kappa shape index (κ3) is 6.52. The predicted octanol–water partition coefficient (Wildman–Crippen LogP) is 6.75. The van der Waals surface area contributed by atoms with Gasteiger partial charge in [0.2, 0.25) is 17.8 Å². The highest BCUT2D eigenvalue weighted by atomic mass is 35.5. The second-order valence-corrected chi connectivity index (χ2v) is 17.7. The molecule has 0 saturated carbocycles. The summed E-state index contributed by atoms with van der Waals surface area (Å²) < 4.78 is 32.6. The lowest BCUT2D eigenvalue weighted by atomic mass is 9.85. The summed E-state index contributed by atoms with van der Waals surface area (Å²) in [7, 11) is 0. The number of anilines is 2. The molecule has 1 unspecified atom stereocenters. The van der Waals surface area contributed by atoms with Crippen LogP contribution in [0.1, 0.15) is 93.3 Å². The van der Waals surface area contributed by atoms with Crippen molar-refractivity contribution in [1.29, 1.82) is 0 Å². The van der Waals surface area contributed by atoms with Gasteiger partial charge in [-0.05, 0) is 100 Å². The van der Waals surface area contributed by atoms with Crippen molar-refractivity contribution in [3.8, 4) is 5.69 Å². The van der Waals surface area contributed by atoms with Crippen LogP contribution in [0.4, 0.5) is 20.4 Å². The normalized spacial score (nSPS) is 20.6. The van der Waals surface area contributed by atoms with Crippen LogP contribution in [0.2, 0.25) is 5.02 Å². The average molecular weight is 807 g/mol.